The molecule has 0 aliphatic rings. The van der Waals surface area contributed by atoms with Crippen molar-refractivity contribution in [2.75, 3.05) is 51.6 Å². The van der Waals surface area contributed by atoms with E-state index >= 15 is 0 Å². The highest BCUT2D eigenvalue weighted by Crippen LogP contribution is 2.14. The number of hydrogen-bond donors (Lipinski definition) is 1. The number of ether oxygens (including phenoxy) is 3. The van der Waals surface area contributed by atoms with Gasteiger partial charge in [0.1, 0.15) is 5.78 Å². The smallest absolute Gasteiger partial charge is 0.132 e. The topological polar surface area (TPSA) is 65.0 Å². The first kappa shape index (κ1) is 20.9. The quantitative estimate of drug-likeness (QED) is 0.464. The predicted octanol–water partition coefficient (Wildman–Crippen LogP) is 1.77. The van der Waals surface area contributed by atoms with E-state index in [4.69, 9.17) is 14.2 Å². The van der Waals surface area contributed by atoms with Crippen LogP contribution in [0.3, 0.4) is 0 Å². The Morgan fingerprint density at radius 2 is 1.86 bits per heavy atom. The van der Waals surface area contributed by atoms with Gasteiger partial charge in [-0.2, -0.15) is 11.8 Å². The SMILES string of the molecule is CC[C@@H](CCSCC(O)COCCOCCOC)C(C)=O. The van der Waals surface area contributed by atoms with E-state index in [0.29, 0.717) is 38.8 Å². The molecule has 0 aromatic rings. The lowest BCUT2D eigenvalue weighted by molar-refractivity contribution is -0.120. The summed E-state index contributed by atoms with van der Waals surface area (Å²) < 4.78 is 15.4. The molecular weight excluding hydrogens is 292 g/mol. The molecule has 0 fully saturated rings. The van der Waals surface area contributed by atoms with Crippen LogP contribution in [0.2, 0.25) is 0 Å². The summed E-state index contributed by atoms with van der Waals surface area (Å²) in [5.74, 6) is 1.96. The fourth-order valence-corrected chi connectivity index (χ4v) is 2.76. The van der Waals surface area contributed by atoms with E-state index in [2.05, 4.69) is 0 Å². The molecule has 0 heterocycles. The first-order valence-electron chi connectivity index (χ1n) is 7.52. The van der Waals surface area contributed by atoms with Crippen molar-refractivity contribution in [3.05, 3.63) is 0 Å². The van der Waals surface area contributed by atoms with Gasteiger partial charge in [-0.1, -0.05) is 6.92 Å². The Hall–Kier alpha value is -0.140. The van der Waals surface area contributed by atoms with Crippen LogP contribution in [-0.2, 0) is 19.0 Å². The van der Waals surface area contributed by atoms with Gasteiger partial charge in [-0.05, 0) is 25.5 Å². The normalized spacial score (nSPS) is 14.1. The lowest BCUT2D eigenvalue weighted by atomic mass is 10.00. The number of carbonyl (C=O) groups excluding carboxylic acids is 1. The maximum atomic E-state index is 11.3. The molecular formula is C15H30O5S. The maximum Gasteiger partial charge on any atom is 0.132 e. The first-order chi connectivity index (χ1) is 10.1. The largest absolute Gasteiger partial charge is 0.390 e. The molecule has 2 atom stereocenters. The third-order valence-corrected chi connectivity index (χ3v) is 4.25. The van der Waals surface area contributed by atoms with Crippen LogP contribution in [0.5, 0.6) is 0 Å². The number of aliphatic hydroxyl groups is 1. The van der Waals surface area contributed by atoms with Gasteiger partial charge in [-0.15, -0.1) is 0 Å². The van der Waals surface area contributed by atoms with E-state index in [1.165, 1.54) is 0 Å². The number of carbonyl (C=O) groups is 1. The maximum absolute atomic E-state index is 11.3. The summed E-state index contributed by atoms with van der Waals surface area (Å²) in [5, 5.41) is 9.75. The van der Waals surface area contributed by atoms with Crippen LogP contribution in [0.15, 0.2) is 0 Å². The molecule has 126 valence electrons. The summed E-state index contributed by atoms with van der Waals surface area (Å²) in [6, 6.07) is 0. The van der Waals surface area contributed by atoms with Crippen LogP contribution in [-0.4, -0.2) is 68.6 Å². The fraction of sp³-hybridized carbons (Fsp3) is 0.933. The average molecular weight is 322 g/mol. The van der Waals surface area contributed by atoms with Crippen molar-refractivity contribution in [2.24, 2.45) is 5.92 Å². The van der Waals surface area contributed by atoms with Crippen LogP contribution in [0.4, 0.5) is 0 Å². The molecule has 0 saturated heterocycles. The van der Waals surface area contributed by atoms with Gasteiger partial charge in [-0.3, -0.25) is 4.79 Å². The van der Waals surface area contributed by atoms with Gasteiger partial charge in [0.05, 0.1) is 39.1 Å². The Bertz CT molecular complexity index is 250. The van der Waals surface area contributed by atoms with E-state index in [9.17, 15) is 9.90 Å². The monoisotopic (exact) mass is 322 g/mol. The molecule has 21 heavy (non-hydrogen) atoms. The fourth-order valence-electron chi connectivity index (χ4n) is 1.77. The minimum absolute atomic E-state index is 0.162. The number of Topliss-reactive ketones (excluding diaryl/α,β-unsaturated/α-hetero) is 1. The summed E-state index contributed by atoms with van der Waals surface area (Å²) in [5.41, 5.74) is 0. The van der Waals surface area contributed by atoms with Gasteiger partial charge in [0.25, 0.3) is 0 Å². The lowest BCUT2D eigenvalue weighted by Gasteiger charge is -2.13. The summed E-state index contributed by atoms with van der Waals surface area (Å²) >= 11 is 1.67. The molecule has 0 saturated carbocycles. The van der Waals surface area contributed by atoms with Crippen molar-refractivity contribution in [2.45, 2.75) is 32.8 Å². The Kier molecular flexibility index (Phi) is 14.7. The van der Waals surface area contributed by atoms with Crippen LogP contribution in [0, 0.1) is 5.92 Å². The summed E-state index contributed by atoms with van der Waals surface area (Å²) in [7, 11) is 1.63. The second kappa shape index (κ2) is 14.8. The Morgan fingerprint density at radius 3 is 2.48 bits per heavy atom. The number of ketones is 1. The second-order valence-electron chi connectivity index (χ2n) is 4.91. The van der Waals surface area contributed by atoms with Gasteiger partial charge in [0.15, 0.2) is 0 Å². The molecule has 6 heteroatoms. The van der Waals surface area contributed by atoms with Crippen molar-refractivity contribution in [1.29, 1.82) is 0 Å². The minimum atomic E-state index is -0.466. The zero-order valence-corrected chi connectivity index (χ0v) is 14.3. The number of methoxy groups -OCH3 is 1. The Morgan fingerprint density at radius 1 is 1.19 bits per heavy atom. The van der Waals surface area contributed by atoms with Gasteiger partial charge < -0.3 is 19.3 Å². The Labute approximate surface area is 132 Å². The predicted molar refractivity (Wildman–Crippen MR) is 85.9 cm³/mol. The minimum Gasteiger partial charge on any atom is -0.390 e. The van der Waals surface area contributed by atoms with Crippen molar-refractivity contribution in [1.82, 2.24) is 0 Å². The highest BCUT2D eigenvalue weighted by atomic mass is 32.2. The van der Waals surface area contributed by atoms with E-state index in [-0.39, 0.29) is 11.7 Å². The molecule has 0 aliphatic heterocycles. The van der Waals surface area contributed by atoms with Crippen LogP contribution < -0.4 is 0 Å². The highest BCUT2D eigenvalue weighted by molar-refractivity contribution is 7.99. The van der Waals surface area contributed by atoms with Crippen molar-refractivity contribution < 1.29 is 24.1 Å². The molecule has 5 nitrogen and oxygen atoms in total. The van der Waals surface area contributed by atoms with Gasteiger partial charge in [0, 0.05) is 18.8 Å². The average Bonchev–Trinajstić information content (AvgIpc) is 2.46. The van der Waals surface area contributed by atoms with Crippen LogP contribution >= 0.6 is 11.8 Å². The summed E-state index contributed by atoms with van der Waals surface area (Å²) in [4.78, 5) is 11.3. The third-order valence-electron chi connectivity index (χ3n) is 3.10. The van der Waals surface area contributed by atoms with Crippen LogP contribution in [0.25, 0.3) is 0 Å². The van der Waals surface area contributed by atoms with Crippen LogP contribution in [0.1, 0.15) is 26.7 Å². The number of aliphatic hydroxyl groups excluding tert-OH is 1. The first-order valence-corrected chi connectivity index (χ1v) is 8.67. The standard InChI is InChI=1S/C15H30O5S/c1-4-14(13(2)16)5-10-21-12-15(17)11-20-9-8-19-7-6-18-3/h14-15,17H,4-12H2,1-3H3/t14-,15?/m0/s1. The van der Waals surface area contributed by atoms with Gasteiger partial charge in [-0.25, -0.2) is 0 Å². The molecule has 0 rings (SSSR count). The van der Waals surface area contributed by atoms with Crippen molar-refractivity contribution >= 4 is 17.5 Å². The zero-order chi connectivity index (χ0) is 15.9. The van der Waals surface area contributed by atoms with Gasteiger partial charge in [0.2, 0.25) is 0 Å². The number of rotatable bonds is 15. The van der Waals surface area contributed by atoms with E-state index in [1.54, 1.807) is 25.8 Å². The molecule has 0 amide bonds. The third kappa shape index (κ3) is 13.3. The molecule has 1 unspecified atom stereocenters. The lowest BCUT2D eigenvalue weighted by Crippen LogP contribution is -2.20. The Balaban J connectivity index is 3.38. The molecule has 0 bridgehead atoms. The van der Waals surface area contributed by atoms with Crippen molar-refractivity contribution in [3.63, 3.8) is 0 Å². The van der Waals surface area contributed by atoms with Gasteiger partial charge >= 0.3 is 0 Å². The zero-order valence-electron chi connectivity index (χ0n) is 13.5. The molecule has 0 spiro atoms. The van der Waals surface area contributed by atoms with E-state index < -0.39 is 6.10 Å². The number of hydrogen-bond acceptors (Lipinski definition) is 6. The van der Waals surface area contributed by atoms with E-state index in [1.807, 2.05) is 6.92 Å². The number of thioether (sulfide) groups is 1. The molecule has 0 radical (unpaired) electrons. The van der Waals surface area contributed by atoms with E-state index in [0.717, 1.165) is 18.6 Å². The molecule has 0 aliphatic carbocycles. The molecule has 0 aromatic carbocycles. The summed E-state index contributed by atoms with van der Waals surface area (Å²) in [6.07, 6.45) is 1.31. The highest BCUT2D eigenvalue weighted by Gasteiger charge is 2.11. The molecule has 1 N–H and O–H groups in total. The van der Waals surface area contributed by atoms with Crippen molar-refractivity contribution in [3.8, 4) is 0 Å². The summed E-state index contributed by atoms with van der Waals surface area (Å²) in [6.45, 7) is 6.15. The molecule has 0 aromatic heterocycles. The second-order valence-corrected chi connectivity index (χ2v) is 6.06.